The zero-order valence-electron chi connectivity index (χ0n) is 23.7. The highest BCUT2D eigenvalue weighted by molar-refractivity contribution is 7.74. The monoisotopic (exact) mass is 592 g/mol. The zero-order valence-corrected chi connectivity index (χ0v) is 24.6. The second kappa shape index (κ2) is 13.8. The largest absolute Gasteiger partial charge is 0.493 e. The summed E-state index contributed by atoms with van der Waals surface area (Å²) in [5.74, 6) is -0.288. The summed E-state index contributed by atoms with van der Waals surface area (Å²) in [4.78, 5) is 24.4. The highest BCUT2D eigenvalue weighted by atomic mass is 32.2. The SMILES string of the molecule is CCCC(=O)Oc1c(Nc2ccc(N(c3ccc([C@H](OC)C(=O)OC)cc3)[SH](=O)=O)c3ccccc23)cccc1OC. The van der Waals surface area contributed by atoms with Gasteiger partial charge in [0.2, 0.25) is 10.9 Å². The molecule has 4 aromatic carbocycles. The second-order valence-electron chi connectivity index (χ2n) is 9.14. The predicted molar refractivity (Wildman–Crippen MR) is 161 cm³/mol. The van der Waals surface area contributed by atoms with Crippen molar-refractivity contribution in [2.45, 2.75) is 25.9 Å². The second-order valence-corrected chi connectivity index (χ2v) is 10.0. The molecule has 0 saturated carbocycles. The average Bonchev–Trinajstić information content (AvgIpc) is 3.00. The zero-order chi connectivity index (χ0) is 30.2. The molecule has 0 heterocycles. The molecule has 0 spiro atoms. The van der Waals surface area contributed by atoms with E-state index >= 15 is 0 Å². The van der Waals surface area contributed by atoms with Crippen LogP contribution in [0.2, 0.25) is 0 Å². The number of methoxy groups -OCH3 is 3. The molecule has 0 aliphatic heterocycles. The van der Waals surface area contributed by atoms with Crippen LogP contribution in [-0.2, 0) is 30.0 Å². The molecule has 1 atom stereocenters. The fraction of sp³-hybridized carbons (Fsp3) is 0.226. The molecule has 10 nitrogen and oxygen atoms in total. The first-order valence-electron chi connectivity index (χ1n) is 13.1. The Morgan fingerprint density at radius 1 is 0.857 bits per heavy atom. The third-order valence-corrected chi connectivity index (χ3v) is 7.30. The summed E-state index contributed by atoms with van der Waals surface area (Å²) >= 11 is 0. The van der Waals surface area contributed by atoms with Gasteiger partial charge in [0, 0.05) is 30.0 Å². The van der Waals surface area contributed by atoms with Crippen LogP contribution in [0.15, 0.2) is 78.9 Å². The fourth-order valence-corrected chi connectivity index (χ4v) is 5.23. The molecule has 0 fully saturated rings. The van der Waals surface area contributed by atoms with E-state index in [0.29, 0.717) is 45.9 Å². The van der Waals surface area contributed by atoms with Crippen LogP contribution in [0.3, 0.4) is 0 Å². The Hall–Kier alpha value is -4.61. The molecule has 4 aromatic rings. The van der Waals surface area contributed by atoms with E-state index in [-0.39, 0.29) is 18.1 Å². The van der Waals surface area contributed by atoms with E-state index in [4.69, 9.17) is 18.9 Å². The summed E-state index contributed by atoms with van der Waals surface area (Å²) in [5.41, 5.74) is 2.49. The molecule has 1 N–H and O–H groups in total. The summed E-state index contributed by atoms with van der Waals surface area (Å²) in [6.07, 6.45) is -0.0383. The maximum absolute atomic E-state index is 12.6. The molecule has 0 aliphatic rings. The Balaban J connectivity index is 1.76. The summed E-state index contributed by atoms with van der Waals surface area (Å²) in [6, 6.07) is 22.5. The molecule has 0 aliphatic carbocycles. The van der Waals surface area contributed by atoms with E-state index in [2.05, 4.69) is 5.32 Å². The number of rotatable bonds is 12. The standard InChI is InChI=1S/C31H32N2O8S/c1-5-9-28(34)41-30-25(12-8-13-27(30)38-2)32-24-18-19-26(23-11-7-6-10-22(23)24)33(42(36)37)21-16-14-20(15-17-21)29(39-3)31(35)40-4/h6-8,10-19,29,32,42H,5,9H2,1-4H3/t29-/m0/s1. The van der Waals surface area contributed by atoms with Crippen molar-refractivity contribution in [2.24, 2.45) is 0 Å². The molecule has 0 amide bonds. The molecular formula is C31H32N2O8S. The van der Waals surface area contributed by atoms with Gasteiger partial charge in [0.25, 0.3) is 0 Å². The molecule has 0 aromatic heterocycles. The first-order chi connectivity index (χ1) is 20.3. The number of para-hydroxylation sites is 1. The van der Waals surface area contributed by atoms with Crippen molar-refractivity contribution in [2.75, 3.05) is 31.0 Å². The average molecular weight is 593 g/mol. The van der Waals surface area contributed by atoms with E-state index < -0.39 is 23.0 Å². The Bertz CT molecular complexity index is 1650. The number of esters is 2. The summed E-state index contributed by atoms with van der Waals surface area (Å²) in [7, 11) is 1.05. The number of ether oxygens (including phenoxy) is 4. The van der Waals surface area contributed by atoms with Crippen LogP contribution in [-0.4, -0.2) is 41.7 Å². The van der Waals surface area contributed by atoms with Crippen LogP contribution in [0, 0.1) is 0 Å². The van der Waals surface area contributed by atoms with E-state index in [1.807, 2.05) is 31.2 Å². The van der Waals surface area contributed by atoms with Crippen LogP contribution in [0.4, 0.5) is 22.7 Å². The lowest BCUT2D eigenvalue weighted by atomic mass is 10.1. The lowest BCUT2D eigenvalue weighted by molar-refractivity contribution is -0.152. The van der Waals surface area contributed by atoms with Gasteiger partial charge in [-0.05, 0) is 48.4 Å². The Labute approximate surface area is 245 Å². The lowest BCUT2D eigenvalue weighted by Gasteiger charge is -2.22. The Kier molecular flexibility index (Phi) is 10.00. The quantitative estimate of drug-likeness (QED) is 0.119. The lowest BCUT2D eigenvalue weighted by Crippen LogP contribution is -2.17. The van der Waals surface area contributed by atoms with Crippen molar-refractivity contribution in [1.29, 1.82) is 0 Å². The molecule has 11 heteroatoms. The molecule has 0 saturated heterocycles. The Morgan fingerprint density at radius 2 is 1.57 bits per heavy atom. The molecular weight excluding hydrogens is 560 g/mol. The number of nitrogens with zero attached hydrogens (tertiary/aromatic N) is 1. The van der Waals surface area contributed by atoms with E-state index in [9.17, 15) is 18.0 Å². The third kappa shape index (κ3) is 6.48. The predicted octanol–water partition coefficient (Wildman–Crippen LogP) is 5.82. The maximum atomic E-state index is 12.6. The maximum Gasteiger partial charge on any atom is 0.339 e. The molecule has 0 radical (unpaired) electrons. The number of carbonyl (C=O) groups excluding carboxylic acids is 2. The number of anilines is 4. The number of benzene rings is 4. The topological polar surface area (TPSA) is 120 Å². The Morgan fingerprint density at radius 3 is 2.19 bits per heavy atom. The van der Waals surface area contributed by atoms with Crippen molar-refractivity contribution in [3.8, 4) is 11.5 Å². The first kappa shape index (κ1) is 30.4. The van der Waals surface area contributed by atoms with Crippen molar-refractivity contribution < 1.29 is 37.0 Å². The van der Waals surface area contributed by atoms with Crippen LogP contribution < -0.4 is 19.1 Å². The van der Waals surface area contributed by atoms with Crippen LogP contribution in [0.1, 0.15) is 31.4 Å². The van der Waals surface area contributed by atoms with Gasteiger partial charge in [-0.1, -0.05) is 49.4 Å². The third-order valence-electron chi connectivity index (χ3n) is 6.52. The van der Waals surface area contributed by atoms with E-state index in [1.54, 1.807) is 54.6 Å². The molecule has 220 valence electrons. The van der Waals surface area contributed by atoms with E-state index in [1.165, 1.54) is 25.6 Å². The van der Waals surface area contributed by atoms with Gasteiger partial charge < -0.3 is 24.3 Å². The van der Waals surface area contributed by atoms with Crippen LogP contribution in [0.5, 0.6) is 11.5 Å². The molecule has 0 bridgehead atoms. The summed E-state index contributed by atoms with van der Waals surface area (Å²) in [6.45, 7) is 1.89. The number of hydrogen-bond acceptors (Lipinski definition) is 9. The number of fused-ring (bicyclic) bond motifs is 1. The number of carbonyl (C=O) groups is 2. The first-order valence-corrected chi connectivity index (χ1v) is 14.3. The molecule has 42 heavy (non-hydrogen) atoms. The van der Waals surface area contributed by atoms with Crippen molar-refractivity contribution >= 4 is 56.4 Å². The minimum Gasteiger partial charge on any atom is -0.493 e. The van der Waals surface area contributed by atoms with Crippen molar-refractivity contribution in [3.63, 3.8) is 0 Å². The van der Waals surface area contributed by atoms with Crippen LogP contribution >= 0.6 is 0 Å². The van der Waals surface area contributed by atoms with Gasteiger partial charge in [-0.15, -0.1) is 0 Å². The summed E-state index contributed by atoms with van der Waals surface area (Å²) in [5, 5.41) is 4.72. The van der Waals surface area contributed by atoms with E-state index in [0.717, 1.165) is 5.39 Å². The van der Waals surface area contributed by atoms with Crippen LogP contribution in [0.25, 0.3) is 10.8 Å². The molecule has 0 unspecified atom stereocenters. The number of hydrogen-bond donors (Lipinski definition) is 2. The highest BCUT2D eigenvalue weighted by Crippen LogP contribution is 2.41. The minimum atomic E-state index is -3.10. The highest BCUT2D eigenvalue weighted by Gasteiger charge is 2.23. The van der Waals surface area contributed by atoms with Gasteiger partial charge in [0.05, 0.1) is 31.3 Å². The van der Waals surface area contributed by atoms with Crippen molar-refractivity contribution in [3.05, 3.63) is 84.4 Å². The van der Waals surface area contributed by atoms with Gasteiger partial charge in [0.15, 0.2) is 17.6 Å². The number of thiol groups is 1. The number of nitrogens with one attached hydrogen (secondary N) is 1. The van der Waals surface area contributed by atoms with Crippen molar-refractivity contribution in [1.82, 2.24) is 0 Å². The van der Waals surface area contributed by atoms with Gasteiger partial charge >= 0.3 is 11.9 Å². The minimum absolute atomic E-state index is 0.258. The van der Waals surface area contributed by atoms with Gasteiger partial charge in [0.1, 0.15) is 0 Å². The van der Waals surface area contributed by atoms with Gasteiger partial charge in [-0.3, -0.25) is 4.79 Å². The molecule has 4 rings (SSSR count). The van der Waals surface area contributed by atoms with Gasteiger partial charge in [-0.2, -0.15) is 0 Å². The smallest absolute Gasteiger partial charge is 0.339 e. The fourth-order valence-electron chi connectivity index (χ4n) is 4.56. The normalized spacial score (nSPS) is 11.6. The van der Waals surface area contributed by atoms with Gasteiger partial charge in [-0.25, -0.2) is 17.5 Å². The summed E-state index contributed by atoms with van der Waals surface area (Å²) < 4.78 is 47.5.